The largest absolute Gasteiger partial charge is 0.381 e. The van der Waals surface area contributed by atoms with Crippen LogP contribution >= 0.6 is 0 Å². The molecule has 0 saturated carbocycles. The summed E-state index contributed by atoms with van der Waals surface area (Å²) in [4.78, 5) is 0. The van der Waals surface area contributed by atoms with E-state index in [2.05, 4.69) is 36.2 Å². The minimum atomic E-state index is -0.0554. The zero-order valence-corrected chi connectivity index (χ0v) is 15.0. The number of benzene rings is 1. The maximum Gasteiger partial charge on any atom is 0.0933 e. The van der Waals surface area contributed by atoms with Crippen LogP contribution in [0.2, 0.25) is 0 Å². The topological polar surface area (TPSA) is 50.7 Å². The molecule has 0 aliphatic rings. The fourth-order valence-corrected chi connectivity index (χ4v) is 2.26. The highest BCUT2D eigenvalue weighted by Gasteiger charge is 2.08. The number of aliphatic hydroxyl groups is 1. The lowest BCUT2D eigenvalue weighted by Crippen LogP contribution is -2.33. The maximum atomic E-state index is 8.91. The Labute approximate surface area is 151 Å². The van der Waals surface area contributed by atoms with Gasteiger partial charge in [0.25, 0.3) is 0 Å². The summed E-state index contributed by atoms with van der Waals surface area (Å²) in [5.74, 6) is 0. The molecule has 0 saturated heterocycles. The van der Waals surface area contributed by atoms with Gasteiger partial charge in [-0.05, 0) is 24.8 Å². The number of rotatable bonds is 15. The summed E-state index contributed by atoms with van der Waals surface area (Å²) in [7, 11) is 0. The first-order valence-corrected chi connectivity index (χ1v) is 8.86. The van der Waals surface area contributed by atoms with E-state index in [1.165, 1.54) is 5.56 Å². The highest BCUT2D eigenvalue weighted by Crippen LogP contribution is 2.05. The van der Waals surface area contributed by atoms with Crippen molar-refractivity contribution in [3.05, 3.63) is 72.9 Å². The van der Waals surface area contributed by atoms with Crippen LogP contribution in [0.15, 0.2) is 67.3 Å². The van der Waals surface area contributed by atoms with Crippen LogP contribution in [0.4, 0.5) is 0 Å². The average molecular weight is 345 g/mol. The number of aliphatic hydroxyl groups excluding tert-OH is 1. The van der Waals surface area contributed by atoms with Crippen molar-refractivity contribution in [1.82, 2.24) is 5.32 Å². The van der Waals surface area contributed by atoms with Gasteiger partial charge in [-0.3, -0.25) is 5.32 Å². The minimum absolute atomic E-state index is 0.0546. The van der Waals surface area contributed by atoms with Gasteiger partial charge in [-0.25, -0.2) is 0 Å². The van der Waals surface area contributed by atoms with Gasteiger partial charge < -0.3 is 14.6 Å². The molecular weight excluding hydrogens is 314 g/mol. The van der Waals surface area contributed by atoms with Gasteiger partial charge >= 0.3 is 0 Å². The summed E-state index contributed by atoms with van der Waals surface area (Å²) in [5, 5.41) is 11.8. The van der Waals surface area contributed by atoms with Crippen molar-refractivity contribution in [3.63, 3.8) is 0 Å². The van der Waals surface area contributed by atoms with Crippen molar-refractivity contribution in [2.75, 3.05) is 33.1 Å². The number of ether oxygens (including phenoxy) is 2. The van der Waals surface area contributed by atoms with Gasteiger partial charge in [0.1, 0.15) is 0 Å². The van der Waals surface area contributed by atoms with Crippen LogP contribution in [0.3, 0.4) is 0 Å². The Morgan fingerprint density at radius 3 is 2.72 bits per heavy atom. The Balaban J connectivity index is 2.15. The van der Waals surface area contributed by atoms with E-state index in [-0.39, 0.29) is 12.8 Å². The molecule has 1 aromatic rings. The standard InChI is InChI=1S/C21H31NO3/c1-2-3-4-5-10-15-24-18-21(17-22-19-23)25-16-11-9-14-20-12-7-6-8-13-20/h2-8,10,12-13,21-23H,1,9,11,14-19H2/b4-3-,10-5+. The molecule has 4 nitrogen and oxygen atoms in total. The number of nitrogens with one attached hydrogen (secondary N) is 1. The monoisotopic (exact) mass is 345 g/mol. The number of hydrogen-bond acceptors (Lipinski definition) is 4. The van der Waals surface area contributed by atoms with Crippen molar-refractivity contribution >= 4 is 0 Å². The molecule has 1 atom stereocenters. The van der Waals surface area contributed by atoms with Crippen molar-refractivity contribution in [1.29, 1.82) is 0 Å². The maximum absolute atomic E-state index is 8.91. The summed E-state index contributed by atoms with van der Waals surface area (Å²) in [6, 6.07) is 10.5. The van der Waals surface area contributed by atoms with Crippen molar-refractivity contribution in [2.45, 2.75) is 25.4 Å². The SMILES string of the molecule is C=C/C=C\C=C\COCC(CNCO)OCCCCc1ccccc1. The summed E-state index contributed by atoms with van der Waals surface area (Å²) >= 11 is 0. The Kier molecular flexibility index (Phi) is 13.5. The van der Waals surface area contributed by atoms with Crippen molar-refractivity contribution in [2.24, 2.45) is 0 Å². The molecule has 25 heavy (non-hydrogen) atoms. The number of unbranched alkanes of at least 4 members (excludes halogenated alkanes) is 1. The van der Waals surface area contributed by atoms with Crippen LogP contribution in [0, 0.1) is 0 Å². The molecule has 138 valence electrons. The Bertz CT molecular complexity index is 485. The van der Waals surface area contributed by atoms with E-state index in [4.69, 9.17) is 14.6 Å². The van der Waals surface area contributed by atoms with Gasteiger partial charge in [0, 0.05) is 13.2 Å². The molecule has 0 radical (unpaired) electrons. The zero-order valence-electron chi connectivity index (χ0n) is 15.0. The Morgan fingerprint density at radius 1 is 1.12 bits per heavy atom. The fourth-order valence-electron chi connectivity index (χ4n) is 2.26. The predicted octanol–water partition coefficient (Wildman–Crippen LogP) is 3.25. The van der Waals surface area contributed by atoms with Gasteiger partial charge in [-0.1, -0.05) is 67.3 Å². The average Bonchev–Trinajstić information content (AvgIpc) is 2.65. The predicted molar refractivity (Wildman–Crippen MR) is 104 cm³/mol. The summed E-state index contributed by atoms with van der Waals surface area (Å²) in [6.45, 7) is 5.87. The molecule has 0 spiro atoms. The van der Waals surface area contributed by atoms with Gasteiger partial charge in [-0.2, -0.15) is 0 Å². The van der Waals surface area contributed by atoms with E-state index in [0.717, 1.165) is 19.3 Å². The zero-order chi connectivity index (χ0) is 18.0. The van der Waals surface area contributed by atoms with Gasteiger partial charge in [0.05, 0.1) is 26.0 Å². The minimum Gasteiger partial charge on any atom is -0.381 e. The molecule has 1 rings (SSSR count). The molecule has 0 aliphatic heterocycles. The van der Waals surface area contributed by atoms with Gasteiger partial charge in [-0.15, -0.1) is 0 Å². The fraction of sp³-hybridized carbons (Fsp3) is 0.429. The molecule has 0 aliphatic carbocycles. The lowest BCUT2D eigenvalue weighted by atomic mass is 10.1. The van der Waals surface area contributed by atoms with E-state index in [9.17, 15) is 0 Å². The lowest BCUT2D eigenvalue weighted by Gasteiger charge is -2.18. The first-order chi connectivity index (χ1) is 12.4. The molecule has 0 amide bonds. The van der Waals surface area contributed by atoms with Gasteiger partial charge in [0.15, 0.2) is 0 Å². The molecule has 1 aromatic carbocycles. The highest BCUT2D eigenvalue weighted by molar-refractivity contribution is 5.14. The van der Waals surface area contributed by atoms with Crippen molar-refractivity contribution < 1.29 is 14.6 Å². The second-order valence-corrected chi connectivity index (χ2v) is 5.63. The van der Waals surface area contributed by atoms with Crippen LogP contribution in [0.5, 0.6) is 0 Å². The molecular formula is C21H31NO3. The highest BCUT2D eigenvalue weighted by atomic mass is 16.5. The van der Waals surface area contributed by atoms with E-state index in [1.807, 2.05) is 30.4 Å². The van der Waals surface area contributed by atoms with E-state index in [0.29, 0.717) is 26.4 Å². The first-order valence-electron chi connectivity index (χ1n) is 8.86. The lowest BCUT2D eigenvalue weighted by molar-refractivity contribution is -0.0126. The van der Waals surface area contributed by atoms with Crippen LogP contribution < -0.4 is 5.32 Å². The molecule has 4 heteroatoms. The molecule has 1 unspecified atom stereocenters. The summed E-state index contributed by atoms with van der Waals surface area (Å²) in [5.41, 5.74) is 1.36. The first kappa shape index (κ1) is 21.3. The van der Waals surface area contributed by atoms with Crippen LogP contribution in [-0.4, -0.2) is 44.3 Å². The van der Waals surface area contributed by atoms with E-state index < -0.39 is 0 Å². The third kappa shape index (κ3) is 12.3. The third-order valence-electron chi connectivity index (χ3n) is 3.55. The molecule has 0 aromatic heterocycles. The van der Waals surface area contributed by atoms with Crippen LogP contribution in [0.25, 0.3) is 0 Å². The summed E-state index contributed by atoms with van der Waals surface area (Å²) < 4.78 is 11.5. The Morgan fingerprint density at radius 2 is 1.96 bits per heavy atom. The normalized spacial score (nSPS) is 12.8. The van der Waals surface area contributed by atoms with Gasteiger partial charge in [0.2, 0.25) is 0 Å². The van der Waals surface area contributed by atoms with E-state index in [1.54, 1.807) is 6.08 Å². The van der Waals surface area contributed by atoms with Crippen LogP contribution in [0.1, 0.15) is 18.4 Å². The molecule has 0 bridgehead atoms. The number of aryl methyl sites for hydroxylation is 1. The van der Waals surface area contributed by atoms with E-state index >= 15 is 0 Å². The molecule has 0 heterocycles. The number of hydrogen-bond donors (Lipinski definition) is 2. The summed E-state index contributed by atoms with van der Waals surface area (Å²) in [6.07, 6.45) is 12.5. The number of allylic oxidation sites excluding steroid dienone is 4. The van der Waals surface area contributed by atoms with Crippen LogP contribution in [-0.2, 0) is 15.9 Å². The molecule has 2 N–H and O–H groups in total. The third-order valence-corrected chi connectivity index (χ3v) is 3.55. The molecule has 0 fully saturated rings. The second-order valence-electron chi connectivity index (χ2n) is 5.63. The second kappa shape index (κ2) is 15.8. The quantitative estimate of drug-likeness (QED) is 0.291. The van der Waals surface area contributed by atoms with Crippen molar-refractivity contribution in [3.8, 4) is 0 Å². The smallest absolute Gasteiger partial charge is 0.0933 e. The Hall–Kier alpha value is -1.72.